The van der Waals surface area contributed by atoms with E-state index in [0.29, 0.717) is 6.54 Å². The number of rotatable bonds is 4. The number of aryl methyl sites for hydroxylation is 1. The molecule has 5 nitrogen and oxygen atoms in total. The Bertz CT molecular complexity index is 554. The van der Waals surface area contributed by atoms with Crippen molar-refractivity contribution in [1.29, 1.82) is 5.26 Å². The Kier molecular flexibility index (Phi) is 4.01. The lowest BCUT2D eigenvalue weighted by atomic mass is 9.90. The topological polar surface area (TPSA) is 70.7 Å². The first-order chi connectivity index (χ1) is 9.02. The maximum absolute atomic E-state index is 11.9. The van der Waals surface area contributed by atoms with E-state index < -0.39 is 0 Å². The van der Waals surface area contributed by atoms with Gasteiger partial charge in [-0.05, 0) is 32.3 Å². The van der Waals surface area contributed by atoms with Gasteiger partial charge in [0.05, 0.1) is 17.2 Å². The van der Waals surface area contributed by atoms with Crippen LogP contribution in [-0.2, 0) is 19.5 Å². The Morgan fingerprint density at radius 1 is 1.58 bits per heavy atom. The zero-order valence-electron chi connectivity index (χ0n) is 11.6. The second-order valence-corrected chi connectivity index (χ2v) is 5.70. The smallest absolute Gasteiger partial charge is 0.267 e. The van der Waals surface area contributed by atoms with E-state index in [1.807, 2.05) is 13.8 Å². The first-order valence-electron chi connectivity index (χ1n) is 6.74. The third-order valence-corrected chi connectivity index (χ3v) is 3.49. The van der Waals surface area contributed by atoms with E-state index >= 15 is 0 Å². The van der Waals surface area contributed by atoms with Crippen LogP contribution in [0.1, 0.15) is 37.9 Å². The average Bonchev–Trinajstić information content (AvgIpc) is 2.39. The summed E-state index contributed by atoms with van der Waals surface area (Å²) in [6.45, 7) is 6.08. The van der Waals surface area contributed by atoms with Crippen molar-refractivity contribution >= 4 is 0 Å². The molecule has 0 unspecified atom stereocenters. The van der Waals surface area contributed by atoms with Crippen molar-refractivity contribution in [2.75, 3.05) is 6.54 Å². The molecule has 0 atom stereocenters. The van der Waals surface area contributed by atoms with Crippen molar-refractivity contribution in [3.8, 4) is 6.07 Å². The second-order valence-electron chi connectivity index (χ2n) is 5.70. The molecule has 0 saturated carbocycles. The van der Waals surface area contributed by atoms with Crippen LogP contribution < -0.4 is 10.9 Å². The van der Waals surface area contributed by atoms with Crippen LogP contribution in [0.25, 0.3) is 0 Å². The molecule has 0 bridgehead atoms. The molecule has 0 saturated heterocycles. The molecule has 5 heteroatoms. The fraction of sp³-hybridized carbons (Fsp3) is 0.643. The van der Waals surface area contributed by atoms with Gasteiger partial charge in [0.25, 0.3) is 5.56 Å². The van der Waals surface area contributed by atoms with Crippen LogP contribution in [0.3, 0.4) is 0 Å². The molecule has 0 radical (unpaired) electrons. The third-order valence-electron chi connectivity index (χ3n) is 3.49. The van der Waals surface area contributed by atoms with E-state index in [4.69, 9.17) is 5.26 Å². The molecular weight excluding hydrogens is 240 g/mol. The SMILES string of the molecule is CC(C)(C#N)CCCn1nc2c(cc1=O)CNCC2. The van der Waals surface area contributed by atoms with Gasteiger partial charge in [0.2, 0.25) is 0 Å². The fourth-order valence-corrected chi connectivity index (χ4v) is 2.25. The lowest BCUT2D eigenvalue weighted by molar-refractivity contribution is 0.399. The van der Waals surface area contributed by atoms with Crippen molar-refractivity contribution < 1.29 is 0 Å². The van der Waals surface area contributed by atoms with Gasteiger partial charge in [0.1, 0.15) is 0 Å². The molecule has 1 aliphatic rings. The van der Waals surface area contributed by atoms with Crippen molar-refractivity contribution in [2.45, 2.75) is 46.2 Å². The molecule has 0 aliphatic carbocycles. The first kappa shape index (κ1) is 13.8. The predicted molar refractivity (Wildman–Crippen MR) is 72.5 cm³/mol. The van der Waals surface area contributed by atoms with Crippen molar-refractivity contribution in [1.82, 2.24) is 15.1 Å². The molecule has 1 aliphatic heterocycles. The number of fused-ring (bicyclic) bond motifs is 1. The third kappa shape index (κ3) is 3.42. The summed E-state index contributed by atoms with van der Waals surface area (Å²) in [4.78, 5) is 11.9. The average molecular weight is 260 g/mol. The van der Waals surface area contributed by atoms with Crippen LogP contribution in [-0.4, -0.2) is 16.3 Å². The molecule has 2 heterocycles. The zero-order valence-corrected chi connectivity index (χ0v) is 11.6. The van der Waals surface area contributed by atoms with Crippen LogP contribution in [0.2, 0.25) is 0 Å². The molecule has 0 aromatic carbocycles. The standard InChI is InChI=1S/C14H20N4O/c1-14(2,10-15)5-3-7-18-13(19)8-11-9-16-6-4-12(11)17-18/h8,16H,3-7,9H2,1-2H3. The molecule has 1 aromatic heterocycles. The Morgan fingerprint density at radius 3 is 3.11 bits per heavy atom. The summed E-state index contributed by atoms with van der Waals surface area (Å²) in [5.41, 5.74) is 1.67. The van der Waals surface area contributed by atoms with Gasteiger partial charge in [-0.15, -0.1) is 0 Å². The number of nitrogens with zero attached hydrogens (tertiary/aromatic N) is 3. The molecule has 19 heavy (non-hydrogen) atoms. The van der Waals surface area contributed by atoms with Crippen molar-refractivity contribution in [3.05, 3.63) is 27.7 Å². The Balaban J connectivity index is 2.05. The van der Waals surface area contributed by atoms with E-state index in [2.05, 4.69) is 16.5 Å². The minimum atomic E-state index is -0.332. The Hall–Kier alpha value is -1.67. The molecule has 0 spiro atoms. The first-order valence-corrected chi connectivity index (χ1v) is 6.74. The highest BCUT2D eigenvalue weighted by Gasteiger charge is 2.17. The van der Waals surface area contributed by atoms with Crippen molar-refractivity contribution in [3.63, 3.8) is 0 Å². The maximum atomic E-state index is 11.9. The van der Waals surface area contributed by atoms with E-state index in [-0.39, 0.29) is 11.0 Å². The number of nitriles is 1. The van der Waals surface area contributed by atoms with Gasteiger partial charge in [-0.25, -0.2) is 4.68 Å². The van der Waals surface area contributed by atoms with E-state index in [0.717, 1.165) is 43.6 Å². The Morgan fingerprint density at radius 2 is 2.37 bits per heavy atom. The minimum Gasteiger partial charge on any atom is -0.312 e. The Labute approximate surface area is 113 Å². The van der Waals surface area contributed by atoms with Crippen LogP contribution in [0.5, 0.6) is 0 Å². The van der Waals surface area contributed by atoms with Gasteiger partial charge >= 0.3 is 0 Å². The van der Waals surface area contributed by atoms with Crippen LogP contribution in [0.4, 0.5) is 0 Å². The highest BCUT2D eigenvalue weighted by molar-refractivity contribution is 5.20. The monoisotopic (exact) mass is 260 g/mol. The number of hydrogen-bond acceptors (Lipinski definition) is 4. The summed E-state index contributed by atoms with van der Waals surface area (Å²) in [6, 6.07) is 3.96. The largest absolute Gasteiger partial charge is 0.312 e. The van der Waals surface area contributed by atoms with Gasteiger partial charge in [0, 0.05) is 32.1 Å². The highest BCUT2D eigenvalue weighted by atomic mass is 16.1. The van der Waals surface area contributed by atoms with Crippen LogP contribution >= 0.6 is 0 Å². The van der Waals surface area contributed by atoms with Gasteiger partial charge in [-0.2, -0.15) is 10.4 Å². The molecule has 0 amide bonds. The summed E-state index contributed by atoms with van der Waals surface area (Å²) in [6.07, 6.45) is 2.44. The number of hydrogen-bond donors (Lipinski definition) is 1. The van der Waals surface area contributed by atoms with Gasteiger partial charge < -0.3 is 5.32 Å². The summed E-state index contributed by atoms with van der Waals surface area (Å²) in [5, 5.41) is 16.6. The lowest BCUT2D eigenvalue weighted by Crippen LogP contribution is -2.31. The predicted octanol–water partition coefficient (Wildman–Crippen LogP) is 1.22. The zero-order chi connectivity index (χ0) is 13.9. The summed E-state index contributed by atoms with van der Waals surface area (Å²) in [7, 11) is 0. The van der Waals surface area contributed by atoms with Crippen LogP contribution in [0.15, 0.2) is 10.9 Å². The van der Waals surface area contributed by atoms with Crippen molar-refractivity contribution in [2.24, 2.45) is 5.41 Å². The highest BCUT2D eigenvalue weighted by Crippen LogP contribution is 2.20. The maximum Gasteiger partial charge on any atom is 0.267 e. The normalized spacial score (nSPS) is 14.8. The summed E-state index contributed by atoms with van der Waals surface area (Å²) < 4.78 is 1.54. The molecule has 1 aromatic rings. The summed E-state index contributed by atoms with van der Waals surface area (Å²) in [5.74, 6) is 0. The summed E-state index contributed by atoms with van der Waals surface area (Å²) >= 11 is 0. The van der Waals surface area contributed by atoms with E-state index in [9.17, 15) is 4.79 Å². The minimum absolute atomic E-state index is 0.0442. The molecular formula is C14H20N4O. The van der Waals surface area contributed by atoms with Gasteiger partial charge in [0.15, 0.2) is 0 Å². The molecule has 0 fully saturated rings. The van der Waals surface area contributed by atoms with Crippen LogP contribution in [0, 0.1) is 16.7 Å². The molecule has 1 N–H and O–H groups in total. The fourth-order valence-electron chi connectivity index (χ4n) is 2.25. The molecule has 102 valence electrons. The second kappa shape index (κ2) is 5.54. The number of aromatic nitrogens is 2. The van der Waals surface area contributed by atoms with E-state index in [1.54, 1.807) is 6.07 Å². The quantitative estimate of drug-likeness (QED) is 0.883. The molecule has 2 rings (SSSR count). The lowest BCUT2D eigenvalue weighted by Gasteiger charge is -2.18. The number of nitrogens with one attached hydrogen (secondary N) is 1. The van der Waals surface area contributed by atoms with E-state index in [1.165, 1.54) is 4.68 Å². The van der Waals surface area contributed by atoms with Gasteiger partial charge in [-0.1, -0.05) is 0 Å². The van der Waals surface area contributed by atoms with Gasteiger partial charge in [-0.3, -0.25) is 4.79 Å².